The van der Waals surface area contributed by atoms with E-state index in [1.807, 2.05) is 6.92 Å². The highest BCUT2D eigenvalue weighted by Gasteiger charge is 2.57. The molecule has 9 nitrogen and oxygen atoms in total. The molecule has 2 aromatic rings. The molecule has 2 N–H and O–H groups in total. The molecule has 1 amide bonds. The smallest absolute Gasteiger partial charge is 0.264 e. The topological polar surface area (TPSA) is 130 Å². The summed E-state index contributed by atoms with van der Waals surface area (Å²) in [6, 6.07) is 5.21. The highest BCUT2D eigenvalue weighted by Crippen LogP contribution is 2.54. The van der Waals surface area contributed by atoms with Crippen LogP contribution in [0.25, 0.3) is 0 Å². The van der Waals surface area contributed by atoms with Crippen LogP contribution in [0.15, 0.2) is 35.2 Å². The number of benzene rings is 2. The van der Waals surface area contributed by atoms with E-state index in [0.717, 1.165) is 6.26 Å². The maximum atomic E-state index is 14.2. The van der Waals surface area contributed by atoms with Crippen molar-refractivity contribution in [2.45, 2.75) is 41.9 Å². The number of nitrogens with zero attached hydrogens (tertiary/aromatic N) is 1. The summed E-state index contributed by atoms with van der Waals surface area (Å²) in [5.41, 5.74) is -1.66. The van der Waals surface area contributed by atoms with Crippen LogP contribution in [-0.4, -0.2) is 65.7 Å². The van der Waals surface area contributed by atoms with E-state index in [0.29, 0.717) is 24.2 Å². The number of carbonyl (C=O) groups excluding carboxylic acids is 1. The Labute approximate surface area is 231 Å². The first kappa shape index (κ1) is 30.3. The lowest BCUT2D eigenvalue weighted by molar-refractivity contribution is -0.0525. The second-order valence-corrected chi connectivity index (χ2v) is 14.7. The number of anilines is 2. The molecule has 4 rings (SSSR count). The number of nitrogens with one attached hydrogen (secondary N) is 1. The van der Waals surface area contributed by atoms with Crippen LogP contribution in [0.1, 0.15) is 36.5 Å². The summed E-state index contributed by atoms with van der Waals surface area (Å²) in [4.78, 5) is 14.4. The van der Waals surface area contributed by atoms with Crippen LogP contribution in [0.2, 0.25) is 0 Å². The first-order valence-corrected chi connectivity index (χ1v) is 15.9. The first-order valence-electron chi connectivity index (χ1n) is 12.5. The van der Waals surface area contributed by atoms with Gasteiger partial charge in [-0.1, -0.05) is 6.92 Å². The molecule has 0 heterocycles. The van der Waals surface area contributed by atoms with Crippen molar-refractivity contribution in [2.24, 2.45) is 17.8 Å². The summed E-state index contributed by atoms with van der Waals surface area (Å²) in [6.07, 6.45) is 1.41. The Kier molecular flexibility index (Phi) is 8.04. The van der Waals surface area contributed by atoms with Crippen LogP contribution in [0, 0.1) is 35.2 Å². The molecule has 0 radical (unpaired) electrons. The van der Waals surface area contributed by atoms with Gasteiger partial charge in [0.25, 0.3) is 16.0 Å². The van der Waals surface area contributed by atoms with E-state index < -0.39 is 72.6 Å². The number of aliphatic hydroxyl groups is 1. The summed E-state index contributed by atoms with van der Waals surface area (Å²) < 4.78 is 96.8. The lowest BCUT2D eigenvalue weighted by Gasteiger charge is -2.41. The van der Waals surface area contributed by atoms with Gasteiger partial charge in [-0.3, -0.25) is 8.98 Å². The zero-order chi connectivity index (χ0) is 29.8. The highest BCUT2D eigenvalue weighted by atomic mass is 32.2. The molecule has 40 heavy (non-hydrogen) atoms. The molecule has 2 bridgehead atoms. The fourth-order valence-electron chi connectivity index (χ4n) is 6.04. The van der Waals surface area contributed by atoms with E-state index in [1.165, 1.54) is 18.2 Å². The van der Waals surface area contributed by atoms with Gasteiger partial charge in [0.2, 0.25) is 0 Å². The maximum absolute atomic E-state index is 14.2. The van der Waals surface area contributed by atoms with Crippen molar-refractivity contribution >= 4 is 37.2 Å². The Hall–Kier alpha value is -2.68. The Morgan fingerprint density at radius 3 is 2.27 bits per heavy atom. The Morgan fingerprint density at radius 2 is 1.73 bits per heavy atom. The maximum Gasteiger partial charge on any atom is 0.264 e. The largest absolute Gasteiger partial charge is 0.387 e. The van der Waals surface area contributed by atoms with Crippen molar-refractivity contribution in [3.63, 3.8) is 0 Å². The van der Waals surface area contributed by atoms with Crippen molar-refractivity contribution in [3.05, 3.63) is 53.3 Å². The van der Waals surface area contributed by atoms with Crippen molar-refractivity contribution < 1.29 is 44.1 Å². The molecule has 0 aromatic heterocycles. The number of carbonyl (C=O) groups is 1. The van der Waals surface area contributed by atoms with Crippen molar-refractivity contribution in [2.75, 3.05) is 37.2 Å². The van der Waals surface area contributed by atoms with E-state index >= 15 is 0 Å². The minimum Gasteiger partial charge on any atom is -0.387 e. The number of sulfone groups is 1. The monoisotopic (exact) mass is 604 g/mol. The molecule has 2 saturated carbocycles. The van der Waals surface area contributed by atoms with Crippen LogP contribution < -0.4 is 10.2 Å². The SMILES string of the molecule is C[C@H]1CC2C[C@](O)(COS(C)(=O)=O)CC1C2S(=O)(=O)c1cc(C(=O)Nc2cc(F)c(F)c(F)c2)ccc1N(C)C. The first-order chi connectivity index (χ1) is 18.4. The summed E-state index contributed by atoms with van der Waals surface area (Å²) in [5, 5.41) is 12.5. The molecule has 2 fully saturated rings. The molecule has 0 saturated heterocycles. The van der Waals surface area contributed by atoms with Crippen molar-refractivity contribution in [3.8, 4) is 0 Å². The summed E-state index contributed by atoms with van der Waals surface area (Å²) in [7, 11) is -4.65. The number of hydrogen-bond acceptors (Lipinski definition) is 8. The second-order valence-electron chi connectivity index (χ2n) is 11.0. The zero-order valence-corrected chi connectivity index (χ0v) is 24.0. The molecular formula is C26H31F3N2O7S2. The third kappa shape index (κ3) is 5.99. The third-order valence-electron chi connectivity index (χ3n) is 7.70. The Bertz CT molecular complexity index is 1530. The van der Waals surface area contributed by atoms with E-state index in [4.69, 9.17) is 4.18 Å². The van der Waals surface area contributed by atoms with Crippen LogP contribution in [-0.2, 0) is 24.1 Å². The van der Waals surface area contributed by atoms with E-state index in [9.17, 15) is 39.9 Å². The van der Waals surface area contributed by atoms with Gasteiger partial charge in [-0.2, -0.15) is 8.42 Å². The number of fused-ring (bicyclic) bond motifs is 2. The third-order valence-corrected chi connectivity index (χ3v) is 10.6. The van der Waals surface area contributed by atoms with Crippen molar-refractivity contribution in [1.82, 2.24) is 0 Å². The van der Waals surface area contributed by atoms with Gasteiger partial charge < -0.3 is 15.3 Å². The average molecular weight is 605 g/mol. The number of amides is 1. The fraction of sp³-hybridized carbons (Fsp3) is 0.500. The minimum absolute atomic E-state index is 0.0171. The fourth-order valence-corrected chi connectivity index (χ4v) is 9.13. The van der Waals surface area contributed by atoms with Gasteiger partial charge in [-0.05, 0) is 55.2 Å². The van der Waals surface area contributed by atoms with Gasteiger partial charge in [0.1, 0.15) is 0 Å². The number of hydrogen-bond donors (Lipinski definition) is 2. The van der Waals surface area contributed by atoms with Crippen LogP contribution in [0.5, 0.6) is 0 Å². The predicted molar refractivity (Wildman–Crippen MR) is 142 cm³/mol. The summed E-state index contributed by atoms with van der Waals surface area (Å²) >= 11 is 0. The van der Waals surface area contributed by atoms with Crippen LogP contribution >= 0.6 is 0 Å². The predicted octanol–water partition coefficient (Wildman–Crippen LogP) is 3.34. The Morgan fingerprint density at radius 1 is 1.10 bits per heavy atom. The van der Waals surface area contributed by atoms with E-state index in [2.05, 4.69) is 5.32 Å². The molecule has 14 heteroatoms. The van der Waals surface area contributed by atoms with Gasteiger partial charge in [0, 0.05) is 37.5 Å². The quantitative estimate of drug-likeness (QED) is 0.347. The average Bonchev–Trinajstić information content (AvgIpc) is 3.07. The van der Waals surface area contributed by atoms with E-state index in [-0.39, 0.29) is 34.9 Å². The molecule has 0 spiro atoms. The van der Waals surface area contributed by atoms with Gasteiger partial charge in [-0.25, -0.2) is 21.6 Å². The minimum atomic E-state index is -4.11. The number of halogens is 3. The molecule has 0 aliphatic heterocycles. The standard InChI is InChI=1S/C26H31F3N2O7S2/c1-14-7-16-11-26(33,13-38-39(4,34)35)12-18(14)24(16)40(36,37)22-8-15(5-6-21(22)31(2)3)25(32)30-17-9-19(27)23(29)20(28)10-17/h5-6,8-10,14,16,18,24,33H,7,11-13H2,1-4H3,(H,30,32)/t14-,16?,18?,24?,26+/m0/s1. The molecule has 3 unspecified atom stereocenters. The van der Waals surface area contributed by atoms with Crippen molar-refractivity contribution in [1.29, 1.82) is 0 Å². The van der Waals surface area contributed by atoms with Crippen LogP contribution in [0.4, 0.5) is 24.5 Å². The van der Waals surface area contributed by atoms with E-state index in [1.54, 1.807) is 19.0 Å². The lowest BCUT2D eigenvalue weighted by atomic mass is 9.76. The zero-order valence-electron chi connectivity index (χ0n) is 22.3. The highest BCUT2D eigenvalue weighted by molar-refractivity contribution is 7.92. The van der Waals surface area contributed by atoms with Gasteiger partial charge >= 0.3 is 0 Å². The second kappa shape index (κ2) is 10.6. The molecular weight excluding hydrogens is 573 g/mol. The summed E-state index contributed by atoms with van der Waals surface area (Å²) in [5.74, 6) is -6.63. The molecule has 2 aliphatic carbocycles. The molecule has 220 valence electrons. The van der Waals surface area contributed by atoms with Gasteiger partial charge in [-0.15, -0.1) is 0 Å². The molecule has 2 aliphatic rings. The van der Waals surface area contributed by atoms with Crippen LogP contribution in [0.3, 0.4) is 0 Å². The Balaban J connectivity index is 1.67. The molecule has 2 aromatic carbocycles. The normalized spacial score (nSPS) is 26.5. The number of rotatable bonds is 8. The lowest BCUT2D eigenvalue weighted by Crippen LogP contribution is -2.49. The van der Waals surface area contributed by atoms with Gasteiger partial charge in [0.05, 0.1) is 34.3 Å². The van der Waals surface area contributed by atoms with Gasteiger partial charge in [0.15, 0.2) is 27.3 Å². The molecule has 5 atom stereocenters. The summed E-state index contributed by atoms with van der Waals surface area (Å²) in [6.45, 7) is 1.41.